The van der Waals surface area contributed by atoms with Gasteiger partial charge in [0.2, 0.25) is 0 Å². The Morgan fingerprint density at radius 3 is 2.71 bits per heavy atom. The maximum absolute atomic E-state index is 5.56. The summed E-state index contributed by atoms with van der Waals surface area (Å²) in [6.07, 6.45) is 2.46. The minimum absolute atomic E-state index is 0.218. The molecule has 1 aliphatic rings. The molecule has 6 heteroatoms. The maximum atomic E-state index is 5.56. The summed E-state index contributed by atoms with van der Waals surface area (Å²) in [5.41, 5.74) is 0. The first-order valence-electron chi connectivity index (χ1n) is 6.19. The van der Waals surface area contributed by atoms with Crippen LogP contribution in [0.2, 0.25) is 6.04 Å². The van der Waals surface area contributed by atoms with E-state index in [1.54, 1.807) is 14.2 Å². The molecule has 0 amide bonds. The molecule has 0 aromatic rings. The molecule has 0 spiro atoms. The van der Waals surface area contributed by atoms with Crippen LogP contribution in [-0.2, 0) is 23.4 Å². The van der Waals surface area contributed by atoms with Gasteiger partial charge in [-0.3, -0.25) is 0 Å². The molecule has 0 radical (unpaired) electrons. The van der Waals surface area contributed by atoms with E-state index in [0.29, 0.717) is 12.7 Å². The third-order valence-corrected chi connectivity index (χ3v) is 3.88. The highest BCUT2D eigenvalue weighted by Crippen LogP contribution is 2.08. The molecule has 0 aromatic heterocycles. The highest BCUT2D eigenvalue weighted by atomic mass is 28.2. The van der Waals surface area contributed by atoms with E-state index in [9.17, 15) is 0 Å². The molecule has 102 valence electrons. The van der Waals surface area contributed by atoms with Gasteiger partial charge in [-0.1, -0.05) is 6.42 Å². The van der Waals surface area contributed by atoms with Crippen molar-refractivity contribution >= 4 is 9.76 Å². The van der Waals surface area contributed by atoms with E-state index in [1.807, 2.05) is 0 Å². The Balaban J connectivity index is 1.71. The van der Waals surface area contributed by atoms with Crippen molar-refractivity contribution in [1.82, 2.24) is 0 Å². The summed E-state index contributed by atoms with van der Waals surface area (Å²) < 4.78 is 26.1. The Kier molecular flexibility index (Phi) is 8.86. The van der Waals surface area contributed by atoms with Crippen LogP contribution >= 0.6 is 0 Å². The van der Waals surface area contributed by atoms with Crippen LogP contribution in [0.3, 0.4) is 0 Å². The van der Waals surface area contributed by atoms with Crippen molar-refractivity contribution in [1.29, 1.82) is 0 Å². The van der Waals surface area contributed by atoms with Gasteiger partial charge in [0, 0.05) is 20.8 Å². The van der Waals surface area contributed by atoms with Gasteiger partial charge >= 0.3 is 0 Å². The van der Waals surface area contributed by atoms with E-state index in [4.69, 9.17) is 23.4 Å². The van der Waals surface area contributed by atoms with Crippen molar-refractivity contribution in [3.05, 3.63) is 0 Å². The lowest BCUT2D eigenvalue weighted by molar-refractivity contribution is -0.121. The van der Waals surface area contributed by atoms with E-state index in [0.717, 1.165) is 26.2 Å². The van der Waals surface area contributed by atoms with Crippen LogP contribution in [0.25, 0.3) is 0 Å². The fourth-order valence-electron chi connectivity index (χ4n) is 1.38. The zero-order chi connectivity index (χ0) is 12.3. The number of hydrogen-bond acceptors (Lipinski definition) is 5. The van der Waals surface area contributed by atoms with Crippen molar-refractivity contribution in [3.63, 3.8) is 0 Å². The first kappa shape index (κ1) is 15.1. The fraction of sp³-hybridized carbons (Fsp3) is 1.00. The van der Waals surface area contributed by atoms with Gasteiger partial charge < -0.3 is 23.4 Å². The van der Waals surface area contributed by atoms with Gasteiger partial charge in [-0.05, 0) is 12.5 Å². The van der Waals surface area contributed by atoms with Gasteiger partial charge in [0.1, 0.15) is 6.10 Å². The Labute approximate surface area is 106 Å². The average Bonchev–Trinajstić information content (AvgIpc) is 3.16. The standard InChI is InChI=1S/C11H24O5Si/c1-12-11(13-2)9-16-17-6-4-3-5-14-7-10-8-15-10/h10-11H,3-9,17H2,1-2H3. The van der Waals surface area contributed by atoms with Crippen LogP contribution in [-0.4, -0.2) is 62.8 Å². The van der Waals surface area contributed by atoms with Crippen LogP contribution in [0.4, 0.5) is 0 Å². The Morgan fingerprint density at radius 1 is 1.29 bits per heavy atom. The van der Waals surface area contributed by atoms with Crippen LogP contribution in [0.5, 0.6) is 0 Å². The van der Waals surface area contributed by atoms with E-state index >= 15 is 0 Å². The zero-order valence-electron chi connectivity index (χ0n) is 10.9. The first-order valence-corrected chi connectivity index (χ1v) is 7.77. The second kappa shape index (κ2) is 9.99. The Bertz CT molecular complexity index is 173. The minimum atomic E-state index is -0.428. The minimum Gasteiger partial charge on any atom is -0.419 e. The molecule has 0 aliphatic carbocycles. The monoisotopic (exact) mass is 264 g/mol. The number of epoxide rings is 1. The first-order chi connectivity index (χ1) is 8.36. The smallest absolute Gasteiger partial charge is 0.178 e. The van der Waals surface area contributed by atoms with Crippen LogP contribution < -0.4 is 0 Å². The molecule has 0 bridgehead atoms. The highest BCUT2D eigenvalue weighted by Gasteiger charge is 2.21. The SMILES string of the molecule is COC(CO[SiH2]CCCCOCC1CO1)OC. The molecular formula is C11H24O5Si. The lowest BCUT2D eigenvalue weighted by Crippen LogP contribution is -2.21. The van der Waals surface area contributed by atoms with Gasteiger partial charge in [0.05, 0.1) is 19.8 Å². The molecule has 1 atom stereocenters. The van der Waals surface area contributed by atoms with Crippen molar-refractivity contribution in [2.24, 2.45) is 0 Å². The van der Waals surface area contributed by atoms with E-state index in [-0.39, 0.29) is 6.29 Å². The third kappa shape index (κ3) is 8.70. The zero-order valence-corrected chi connectivity index (χ0v) is 12.3. The van der Waals surface area contributed by atoms with E-state index < -0.39 is 9.76 Å². The van der Waals surface area contributed by atoms with Crippen LogP contribution in [0.1, 0.15) is 12.8 Å². The number of rotatable bonds is 12. The quantitative estimate of drug-likeness (QED) is 0.220. The van der Waals surface area contributed by atoms with E-state index in [2.05, 4.69) is 0 Å². The fourth-order valence-corrected chi connectivity index (χ4v) is 2.50. The number of hydrogen-bond donors (Lipinski definition) is 0. The Morgan fingerprint density at radius 2 is 2.06 bits per heavy atom. The molecule has 1 aliphatic heterocycles. The van der Waals surface area contributed by atoms with E-state index in [1.165, 1.54) is 12.5 Å². The molecule has 5 nitrogen and oxygen atoms in total. The summed E-state index contributed by atoms with van der Waals surface area (Å²) in [5, 5.41) is 0. The molecule has 1 rings (SSSR count). The molecular weight excluding hydrogens is 240 g/mol. The molecule has 1 fully saturated rings. The molecule has 0 aromatic carbocycles. The second-order valence-electron chi connectivity index (χ2n) is 4.07. The normalized spacial score (nSPS) is 19.6. The number of ether oxygens (including phenoxy) is 4. The summed E-state index contributed by atoms with van der Waals surface area (Å²) in [6, 6.07) is 1.18. The average molecular weight is 264 g/mol. The number of methoxy groups -OCH3 is 2. The van der Waals surface area contributed by atoms with Gasteiger partial charge in [-0.2, -0.15) is 0 Å². The highest BCUT2D eigenvalue weighted by molar-refractivity contribution is 6.26. The summed E-state index contributed by atoms with van der Waals surface area (Å²) in [5.74, 6) is 0. The molecule has 0 saturated carbocycles. The van der Waals surface area contributed by atoms with Crippen molar-refractivity contribution < 1.29 is 23.4 Å². The largest absolute Gasteiger partial charge is 0.419 e. The predicted octanol–water partition coefficient (Wildman–Crippen LogP) is 0.320. The van der Waals surface area contributed by atoms with Crippen molar-refractivity contribution in [3.8, 4) is 0 Å². The molecule has 17 heavy (non-hydrogen) atoms. The number of unbranched alkanes of at least 4 members (excludes halogenated alkanes) is 1. The molecule has 1 unspecified atom stereocenters. The topological polar surface area (TPSA) is 49.5 Å². The Hall–Kier alpha value is 0.0169. The molecule has 1 saturated heterocycles. The van der Waals surface area contributed by atoms with Gasteiger partial charge in [0.25, 0.3) is 0 Å². The third-order valence-electron chi connectivity index (χ3n) is 2.56. The predicted molar refractivity (Wildman–Crippen MR) is 66.9 cm³/mol. The van der Waals surface area contributed by atoms with Gasteiger partial charge in [0.15, 0.2) is 16.1 Å². The lowest BCUT2D eigenvalue weighted by atomic mass is 10.3. The maximum Gasteiger partial charge on any atom is 0.178 e. The van der Waals surface area contributed by atoms with Crippen LogP contribution in [0.15, 0.2) is 0 Å². The molecule has 1 heterocycles. The van der Waals surface area contributed by atoms with Crippen molar-refractivity contribution in [2.45, 2.75) is 31.3 Å². The molecule has 0 N–H and O–H groups in total. The van der Waals surface area contributed by atoms with Gasteiger partial charge in [-0.25, -0.2) is 0 Å². The summed E-state index contributed by atoms with van der Waals surface area (Å²) >= 11 is 0. The summed E-state index contributed by atoms with van der Waals surface area (Å²) in [7, 11) is 2.82. The van der Waals surface area contributed by atoms with Crippen molar-refractivity contribution in [2.75, 3.05) is 40.6 Å². The van der Waals surface area contributed by atoms with Gasteiger partial charge in [-0.15, -0.1) is 0 Å². The lowest BCUT2D eigenvalue weighted by Gasteiger charge is -2.13. The van der Waals surface area contributed by atoms with Crippen LogP contribution in [0, 0.1) is 0 Å². The summed E-state index contributed by atoms with van der Waals surface area (Å²) in [6.45, 7) is 3.03. The summed E-state index contributed by atoms with van der Waals surface area (Å²) in [4.78, 5) is 0. The second-order valence-corrected chi connectivity index (χ2v) is 5.59.